The summed E-state index contributed by atoms with van der Waals surface area (Å²) in [5.74, 6) is -0.532. The Morgan fingerprint density at radius 3 is 2.93 bits per heavy atom. The SMILES string of the molecule is CC(=O)O[C@H]1C[C@H](n2cc(C)c(=O)[nH]c2=O)O[C@@H]1COP(O)OCCC#N. The van der Waals surface area contributed by atoms with Crippen LogP contribution in [0.15, 0.2) is 15.8 Å². The minimum atomic E-state index is -2.22. The van der Waals surface area contributed by atoms with E-state index in [0.717, 1.165) is 0 Å². The highest BCUT2D eigenvalue weighted by Gasteiger charge is 2.39. The van der Waals surface area contributed by atoms with Crippen molar-refractivity contribution in [3.63, 3.8) is 0 Å². The van der Waals surface area contributed by atoms with Crippen molar-refractivity contribution < 1.29 is 28.2 Å². The van der Waals surface area contributed by atoms with Gasteiger partial charge in [0.25, 0.3) is 5.56 Å². The summed E-state index contributed by atoms with van der Waals surface area (Å²) < 4.78 is 22.3. The lowest BCUT2D eigenvalue weighted by molar-refractivity contribution is -0.150. The maximum atomic E-state index is 12.0. The van der Waals surface area contributed by atoms with Gasteiger partial charge in [-0.1, -0.05) is 0 Å². The second-order valence-corrected chi connectivity index (χ2v) is 6.76. The van der Waals surface area contributed by atoms with Crippen molar-refractivity contribution in [2.24, 2.45) is 0 Å². The van der Waals surface area contributed by atoms with Crippen LogP contribution in [0.25, 0.3) is 0 Å². The molecule has 1 unspecified atom stereocenters. The number of nitrogens with one attached hydrogen (secondary N) is 1. The normalized spacial score (nSPS) is 23.0. The van der Waals surface area contributed by atoms with Gasteiger partial charge in [0.1, 0.15) is 18.4 Å². The fraction of sp³-hybridized carbons (Fsp3) is 0.600. The number of nitriles is 1. The largest absolute Gasteiger partial charge is 0.460 e. The number of hydrogen-bond donors (Lipinski definition) is 2. The standard InChI is InChI=1S/C15H20N3O8P/c1-9-7-18(15(21)17-14(9)20)13-6-11(25-10(2)19)12(26-13)8-24-27(22)23-5-3-4-16/h7,11-13,22H,3,5-6,8H2,1-2H3,(H,17,20,21)/t11-,12+,13+,27?/m0/s1. The zero-order valence-electron chi connectivity index (χ0n) is 14.8. The van der Waals surface area contributed by atoms with Gasteiger partial charge >= 0.3 is 20.3 Å². The van der Waals surface area contributed by atoms with Crippen molar-refractivity contribution in [2.45, 2.75) is 45.1 Å². The Kier molecular flexibility index (Phi) is 7.65. The molecule has 0 aromatic carbocycles. The van der Waals surface area contributed by atoms with Gasteiger partial charge in [0.05, 0.1) is 25.7 Å². The van der Waals surface area contributed by atoms with E-state index in [2.05, 4.69) is 4.98 Å². The quantitative estimate of drug-likeness (QED) is 0.354. The Labute approximate surface area is 155 Å². The van der Waals surface area contributed by atoms with Crippen LogP contribution in [-0.2, 0) is 23.3 Å². The van der Waals surface area contributed by atoms with E-state index in [1.165, 1.54) is 17.7 Å². The van der Waals surface area contributed by atoms with Crippen LogP contribution in [0.5, 0.6) is 0 Å². The van der Waals surface area contributed by atoms with E-state index < -0.39 is 44.3 Å². The molecule has 12 heteroatoms. The highest BCUT2D eigenvalue weighted by Crippen LogP contribution is 2.36. The molecule has 1 fully saturated rings. The summed E-state index contributed by atoms with van der Waals surface area (Å²) in [6.07, 6.45) is -0.615. The van der Waals surface area contributed by atoms with Crippen molar-refractivity contribution in [1.29, 1.82) is 5.26 Å². The van der Waals surface area contributed by atoms with Crippen molar-refractivity contribution in [2.75, 3.05) is 13.2 Å². The van der Waals surface area contributed by atoms with Gasteiger partial charge in [0, 0.05) is 25.1 Å². The van der Waals surface area contributed by atoms with Crippen LogP contribution < -0.4 is 11.2 Å². The third-order valence-electron chi connectivity index (χ3n) is 3.72. The average Bonchev–Trinajstić information content (AvgIpc) is 2.98. The molecule has 1 saturated heterocycles. The first-order valence-electron chi connectivity index (χ1n) is 8.08. The highest BCUT2D eigenvalue weighted by atomic mass is 31.2. The fourth-order valence-corrected chi connectivity index (χ4v) is 3.10. The number of rotatable bonds is 8. The summed E-state index contributed by atoms with van der Waals surface area (Å²) in [7, 11) is -2.22. The molecule has 1 aromatic rings. The third kappa shape index (κ3) is 5.95. The van der Waals surface area contributed by atoms with E-state index in [4.69, 9.17) is 23.8 Å². The summed E-state index contributed by atoms with van der Waals surface area (Å²) in [6, 6.07) is 1.87. The summed E-state index contributed by atoms with van der Waals surface area (Å²) in [6.45, 7) is 2.66. The Bertz CT molecular complexity index is 817. The molecule has 0 amide bonds. The number of hydrogen-bond acceptors (Lipinski definition) is 9. The fourth-order valence-electron chi connectivity index (χ4n) is 2.50. The van der Waals surface area contributed by atoms with Crippen LogP contribution in [-0.4, -0.2) is 45.8 Å². The minimum absolute atomic E-state index is 0.0201. The van der Waals surface area contributed by atoms with Crippen molar-refractivity contribution in [1.82, 2.24) is 9.55 Å². The number of aromatic nitrogens is 2. The Hall–Kier alpha value is -2.09. The zero-order valence-corrected chi connectivity index (χ0v) is 15.7. The molecule has 148 valence electrons. The molecule has 0 radical (unpaired) electrons. The van der Waals surface area contributed by atoms with Gasteiger partial charge in [-0.2, -0.15) is 5.26 Å². The minimum Gasteiger partial charge on any atom is -0.460 e. The van der Waals surface area contributed by atoms with Crippen LogP contribution in [0.2, 0.25) is 0 Å². The average molecular weight is 401 g/mol. The number of nitrogens with zero attached hydrogens (tertiary/aromatic N) is 2. The van der Waals surface area contributed by atoms with Crippen LogP contribution >= 0.6 is 8.60 Å². The number of carbonyl (C=O) groups excluding carboxylic acids is 1. The maximum Gasteiger partial charge on any atom is 0.330 e. The van der Waals surface area contributed by atoms with Crippen LogP contribution in [0.1, 0.15) is 31.6 Å². The molecular formula is C15H20N3O8P. The number of carbonyl (C=O) groups is 1. The van der Waals surface area contributed by atoms with Crippen LogP contribution in [0, 0.1) is 18.3 Å². The first-order valence-corrected chi connectivity index (χ1v) is 9.21. The van der Waals surface area contributed by atoms with Gasteiger partial charge < -0.3 is 23.4 Å². The molecule has 1 aromatic heterocycles. The second kappa shape index (κ2) is 9.73. The van der Waals surface area contributed by atoms with Crippen molar-refractivity contribution in [3.8, 4) is 6.07 Å². The Balaban J connectivity index is 2.06. The number of aryl methyl sites for hydroxylation is 1. The second-order valence-electron chi connectivity index (χ2n) is 5.77. The van der Waals surface area contributed by atoms with Gasteiger partial charge in [-0.05, 0) is 6.92 Å². The summed E-state index contributed by atoms with van der Waals surface area (Å²) in [5, 5.41) is 8.43. The Morgan fingerprint density at radius 2 is 2.26 bits per heavy atom. The smallest absolute Gasteiger partial charge is 0.330 e. The Morgan fingerprint density at radius 1 is 1.52 bits per heavy atom. The predicted molar refractivity (Wildman–Crippen MR) is 91.4 cm³/mol. The number of ether oxygens (including phenoxy) is 2. The molecule has 0 spiro atoms. The predicted octanol–water partition coefficient (Wildman–Crippen LogP) is 0.230. The molecule has 0 aliphatic carbocycles. The van der Waals surface area contributed by atoms with Crippen LogP contribution in [0.4, 0.5) is 0 Å². The first-order chi connectivity index (χ1) is 12.8. The summed E-state index contributed by atoms with van der Waals surface area (Å²) in [5.41, 5.74) is -0.819. The lowest BCUT2D eigenvalue weighted by atomic mass is 10.2. The molecule has 0 saturated carbocycles. The van der Waals surface area contributed by atoms with Gasteiger partial charge in [0.15, 0.2) is 0 Å². The molecule has 1 aliphatic heterocycles. The van der Waals surface area contributed by atoms with Gasteiger partial charge in [0.2, 0.25) is 0 Å². The van der Waals surface area contributed by atoms with E-state index in [0.29, 0.717) is 5.56 Å². The highest BCUT2D eigenvalue weighted by molar-refractivity contribution is 7.40. The topological polar surface area (TPSA) is 153 Å². The monoisotopic (exact) mass is 401 g/mol. The number of aromatic amines is 1. The lowest BCUT2D eigenvalue weighted by Crippen LogP contribution is -2.33. The van der Waals surface area contributed by atoms with Gasteiger partial charge in [-0.15, -0.1) is 0 Å². The van der Waals surface area contributed by atoms with Gasteiger partial charge in [-0.3, -0.25) is 19.1 Å². The van der Waals surface area contributed by atoms with Gasteiger partial charge in [-0.25, -0.2) is 4.79 Å². The third-order valence-corrected chi connectivity index (χ3v) is 4.49. The molecule has 2 rings (SSSR count). The molecular weight excluding hydrogens is 381 g/mol. The molecule has 4 atom stereocenters. The molecule has 1 aliphatic rings. The summed E-state index contributed by atoms with van der Waals surface area (Å²) in [4.78, 5) is 46.7. The molecule has 2 heterocycles. The van der Waals surface area contributed by atoms with Crippen LogP contribution in [0.3, 0.4) is 0 Å². The molecule has 0 bridgehead atoms. The molecule has 11 nitrogen and oxygen atoms in total. The van der Waals surface area contributed by atoms with Crippen molar-refractivity contribution in [3.05, 3.63) is 32.6 Å². The van der Waals surface area contributed by atoms with E-state index in [9.17, 15) is 19.3 Å². The first kappa shape index (κ1) is 21.2. The zero-order chi connectivity index (χ0) is 20.0. The molecule has 27 heavy (non-hydrogen) atoms. The molecule has 2 N–H and O–H groups in total. The van der Waals surface area contributed by atoms with E-state index in [1.807, 2.05) is 6.07 Å². The number of esters is 1. The summed E-state index contributed by atoms with van der Waals surface area (Å²) >= 11 is 0. The van der Waals surface area contributed by atoms with E-state index >= 15 is 0 Å². The van der Waals surface area contributed by atoms with Crippen molar-refractivity contribution >= 4 is 14.6 Å². The number of H-pyrrole nitrogens is 1. The maximum absolute atomic E-state index is 12.0. The lowest BCUT2D eigenvalue weighted by Gasteiger charge is -2.19. The van der Waals surface area contributed by atoms with E-state index in [1.54, 1.807) is 6.92 Å². The van der Waals surface area contributed by atoms with E-state index in [-0.39, 0.29) is 26.1 Å².